The summed E-state index contributed by atoms with van der Waals surface area (Å²) in [6.07, 6.45) is 1.46. The van der Waals surface area contributed by atoms with E-state index in [0.29, 0.717) is 30.0 Å². The molecular formula is C24H25F3N4O2. The van der Waals surface area contributed by atoms with E-state index in [4.69, 9.17) is 9.47 Å². The maximum absolute atomic E-state index is 13.4. The van der Waals surface area contributed by atoms with Gasteiger partial charge in [-0.05, 0) is 55.5 Å². The van der Waals surface area contributed by atoms with Crippen molar-refractivity contribution in [1.29, 1.82) is 0 Å². The van der Waals surface area contributed by atoms with Crippen LogP contribution in [0.3, 0.4) is 0 Å². The van der Waals surface area contributed by atoms with Crippen molar-refractivity contribution >= 4 is 0 Å². The lowest BCUT2D eigenvalue weighted by molar-refractivity contribution is -0.137. The summed E-state index contributed by atoms with van der Waals surface area (Å²) in [6.45, 7) is 0. The van der Waals surface area contributed by atoms with Crippen LogP contribution in [0.5, 0.6) is 5.88 Å². The Balaban J connectivity index is 1.42. The van der Waals surface area contributed by atoms with E-state index in [0.717, 1.165) is 43.4 Å². The van der Waals surface area contributed by atoms with E-state index in [1.807, 2.05) is 22.8 Å². The minimum Gasteiger partial charge on any atom is -0.474 e. The van der Waals surface area contributed by atoms with Gasteiger partial charge in [0, 0.05) is 38.1 Å². The number of alkyl halides is 3. The van der Waals surface area contributed by atoms with Gasteiger partial charge in [0.05, 0.1) is 17.4 Å². The Labute approximate surface area is 189 Å². The maximum Gasteiger partial charge on any atom is 0.416 e. The highest BCUT2D eigenvalue weighted by Crippen LogP contribution is 2.38. The van der Waals surface area contributed by atoms with Crippen LogP contribution in [0.4, 0.5) is 13.2 Å². The monoisotopic (exact) mass is 458 g/mol. The topological polar surface area (TPSA) is 62.1 Å². The third kappa shape index (κ3) is 4.46. The third-order valence-electron chi connectivity index (χ3n) is 6.56. The normalized spacial score (nSPS) is 22.8. The minimum atomic E-state index is -4.39. The molecule has 2 aliphatic rings. The van der Waals surface area contributed by atoms with Crippen molar-refractivity contribution in [3.8, 4) is 11.6 Å². The Hall–Kier alpha value is -2.94. The highest BCUT2D eigenvalue weighted by atomic mass is 19.4. The van der Waals surface area contributed by atoms with Crippen LogP contribution in [-0.2, 0) is 23.8 Å². The second kappa shape index (κ2) is 8.78. The van der Waals surface area contributed by atoms with E-state index in [-0.39, 0.29) is 18.1 Å². The first-order chi connectivity index (χ1) is 15.9. The van der Waals surface area contributed by atoms with E-state index in [1.165, 1.54) is 6.07 Å². The number of hydrogen-bond donors (Lipinski definition) is 0. The van der Waals surface area contributed by atoms with Crippen molar-refractivity contribution < 1.29 is 22.6 Å². The van der Waals surface area contributed by atoms with Gasteiger partial charge in [-0.25, -0.2) is 4.98 Å². The van der Waals surface area contributed by atoms with Gasteiger partial charge in [0.15, 0.2) is 0 Å². The van der Waals surface area contributed by atoms with Crippen molar-refractivity contribution in [3.05, 3.63) is 65.4 Å². The maximum atomic E-state index is 13.4. The smallest absolute Gasteiger partial charge is 0.416 e. The summed E-state index contributed by atoms with van der Waals surface area (Å²) in [5.74, 6) is 2.31. The third-order valence-corrected chi connectivity index (χ3v) is 6.56. The lowest BCUT2D eigenvalue weighted by Gasteiger charge is -2.28. The molecule has 9 heteroatoms. The fraction of sp³-hybridized carbons (Fsp3) is 0.458. The highest BCUT2D eigenvalue weighted by molar-refractivity contribution is 5.48. The van der Waals surface area contributed by atoms with Gasteiger partial charge < -0.3 is 9.47 Å². The second-order valence-corrected chi connectivity index (χ2v) is 8.68. The predicted octanol–water partition coefficient (Wildman–Crippen LogP) is 4.90. The first kappa shape index (κ1) is 21.9. The van der Waals surface area contributed by atoms with Crippen molar-refractivity contribution in [1.82, 2.24) is 19.7 Å². The zero-order valence-electron chi connectivity index (χ0n) is 18.3. The molecule has 0 radical (unpaired) electrons. The van der Waals surface area contributed by atoms with Crippen LogP contribution in [-0.4, -0.2) is 39.1 Å². The number of pyridine rings is 1. The number of halogens is 3. The molecule has 5 rings (SSSR count). The molecule has 33 heavy (non-hydrogen) atoms. The molecule has 1 unspecified atom stereocenters. The van der Waals surface area contributed by atoms with Crippen molar-refractivity contribution in [3.63, 3.8) is 0 Å². The SMILES string of the molecule is COC1Cc2cc(C(F)(F)F)ccc2-n2c(nnc2C2CCC(Oc3ccccn3)CC2)C1. The van der Waals surface area contributed by atoms with E-state index < -0.39 is 11.7 Å². The average Bonchev–Trinajstić information content (AvgIpc) is 3.15. The Morgan fingerprint density at radius 1 is 0.970 bits per heavy atom. The Morgan fingerprint density at radius 3 is 2.48 bits per heavy atom. The number of rotatable bonds is 4. The van der Waals surface area contributed by atoms with Gasteiger partial charge in [0.1, 0.15) is 17.8 Å². The number of fused-ring (bicyclic) bond motifs is 3. The second-order valence-electron chi connectivity index (χ2n) is 8.68. The summed E-state index contributed by atoms with van der Waals surface area (Å²) in [5.41, 5.74) is 0.661. The Bertz CT molecular complexity index is 1110. The predicted molar refractivity (Wildman–Crippen MR) is 114 cm³/mol. The Kier molecular flexibility index (Phi) is 5.82. The lowest BCUT2D eigenvalue weighted by Crippen LogP contribution is -2.25. The molecule has 3 aromatic rings. The zero-order valence-corrected chi connectivity index (χ0v) is 18.3. The van der Waals surface area contributed by atoms with E-state index in [1.54, 1.807) is 19.4 Å². The quantitative estimate of drug-likeness (QED) is 0.557. The first-order valence-electron chi connectivity index (χ1n) is 11.2. The molecule has 0 amide bonds. The molecule has 1 fully saturated rings. The Morgan fingerprint density at radius 2 is 1.79 bits per heavy atom. The van der Waals surface area contributed by atoms with Gasteiger partial charge >= 0.3 is 6.18 Å². The summed E-state index contributed by atoms with van der Waals surface area (Å²) >= 11 is 0. The molecule has 0 bridgehead atoms. The molecular weight excluding hydrogens is 433 g/mol. The summed E-state index contributed by atoms with van der Waals surface area (Å²) in [5, 5.41) is 8.91. The van der Waals surface area contributed by atoms with Crippen LogP contribution >= 0.6 is 0 Å². The molecule has 1 aliphatic heterocycles. The summed E-state index contributed by atoms with van der Waals surface area (Å²) in [4.78, 5) is 4.23. The molecule has 1 aromatic carbocycles. The molecule has 6 nitrogen and oxygen atoms in total. The minimum absolute atomic E-state index is 0.0853. The van der Waals surface area contributed by atoms with E-state index >= 15 is 0 Å². The van der Waals surface area contributed by atoms with Crippen LogP contribution in [0.1, 0.15) is 54.4 Å². The van der Waals surface area contributed by atoms with Crippen molar-refractivity contribution in [2.24, 2.45) is 0 Å². The number of hydrogen-bond acceptors (Lipinski definition) is 5. The molecule has 0 spiro atoms. The first-order valence-corrected chi connectivity index (χ1v) is 11.2. The van der Waals surface area contributed by atoms with Crippen molar-refractivity contribution in [2.45, 2.75) is 62.8 Å². The summed E-state index contributed by atoms with van der Waals surface area (Å²) in [7, 11) is 1.58. The van der Waals surface area contributed by atoms with Gasteiger partial charge in [0.25, 0.3) is 0 Å². The molecule has 1 atom stereocenters. The molecule has 2 aromatic heterocycles. The number of benzene rings is 1. The molecule has 3 heterocycles. The van der Waals surface area contributed by atoms with E-state index in [9.17, 15) is 13.2 Å². The summed E-state index contributed by atoms with van der Waals surface area (Å²) < 4.78 is 53.6. The van der Waals surface area contributed by atoms with Crippen LogP contribution in [0.2, 0.25) is 0 Å². The van der Waals surface area contributed by atoms with Gasteiger partial charge in [-0.3, -0.25) is 4.57 Å². The summed E-state index contributed by atoms with van der Waals surface area (Å²) in [6, 6.07) is 9.51. The molecule has 0 N–H and O–H groups in total. The molecule has 1 saturated carbocycles. The number of ether oxygens (including phenoxy) is 2. The van der Waals surface area contributed by atoms with Crippen LogP contribution in [0.15, 0.2) is 42.6 Å². The standard InChI is InChI=1S/C24H25F3N4O2/c1-32-19-13-16-12-17(24(25,26)27)7-10-20(16)31-21(14-19)29-30-23(31)15-5-8-18(9-6-15)33-22-4-2-3-11-28-22/h2-4,7,10-12,15,18-19H,5-6,8-9,13-14H2,1H3. The van der Waals surface area contributed by atoms with Gasteiger partial charge in [0.2, 0.25) is 5.88 Å². The highest BCUT2D eigenvalue weighted by Gasteiger charge is 2.35. The average molecular weight is 458 g/mol. The van der Waals surface area contributed by atoms with Crippen LogP contribution < -0.4 is 4.74 Å². The largest absolute Gasteiger partial charge is 0.474 e. The van der Waals surface area contributed by atoms with Crippen molar-refractivity contribution in [2.75, 3.05) is 7.11 Å². The van der Waals surface area contributed by atoms with Crippen LogP contribution in [0, 0.1) is 0 Å². The number of nitrogens with zero attached hydrogens (tertiary/aromatic N) is 4. The fourth-order valence-corrected chi connectivity index (χ4v) is 4.85. The van der Waals surface area contributed by atoms with Gasteiger partial charge in [-0.2, -0.15) is 13.2 Å². The zero-order chi connectivity index (χ0) is 23.0. The van der Waals surface area contributed by atoms with Crippen LogP contribution in [0.25, 0.3) is 5.69 Å². The van der Waals surface area contributed by atoms with E-state index in [2.05, 4.69) is 15.2 Å². The molecule has 0 saturated heterocycles. The number of methoxy groups -OCH3 is 1. The number of aromatic nitrogens is 4. The van der Waals surface area contributed by atoms with Gasteiger partial charge in [-0.1, -0.05) is 6.07 Å². The lowest BCUT2D eigenvalue weighted by atomic mass is 9.86. The fourth-order valence-electron chi connectivity index (χ4n) is 4.85. The van der Waals surface area contributed by atoms with Gasteiger partial charge in [-0.15, -0.1) is 10.2 Å². The molecule has 1 aliphatic carbocycles. The molecule has 174 valence electrons.